The van der Waals surface area contributed by atoms with Crippen molar-refractivity contribution >= 4 is 68.5 Å². The lowest BCUT2D eigenvalue weighted by Gasteiger charge is -2.10. The highest BCUT2D eigenvalue weighted by Crippen LogP contribution is 2.30. The third-order valence-corrected chi connectivity index (χ3v) is 5.36. The number of hydrogen-bond donors (Lipinski definition) is 2. The Kier molecular flexibility index (Phi) is 9.67. The quantitative estimate of drug-likeness (QED) is 0.296. The number of guanidine groups is 1. The molecule has 0 atom stereocenters. The first-order valence-corrected chi connectivity index (χ1v) is 9.65. The number of hydrogen-bond acceptors (Lipinski definition) is 4. The number of alkyl halides is 3. The van der Waals surface area contributed by atoms with Gasteiger partial charge in [0, 0.05) is 29.8 Å². The van der Waals surface area contributed by atoms with Crippen molar-refractivity contribution in [1.29, 1.82) is 0 Å². The minimum atomic E-state index is -4.38. The molecule has 0 saturated carbocycles. The smallest absolute Gasteiger partial charge is 0.357 e. The summed E-state index contributed by atoms with van der Waals surface area (Å²) >= 11 is 6.04. The summed E-state index contributed by atoms with van der Waals surface area (Å²) in [7, 11) is 0. The standard InChI is InChI=1S/C14H16BrF3N4S2.HI/c1-2-19-13(21-7-9-3-4-11(15)24-9)20-6-5-12-22-10(8-23-12)14(16,17)18;/h3-4,8H,2,5-7H2,1H3,(H2,19,20,21);1H. The lowest BCUT2D eigenvalue weighted by Crippen LogP contribution is -2.38. The summed E-state index contributed by atoms with van der Waals surface area (Å²) in [6.45, 7) is 3.66. The minimum absolute atomic E-state index is 0. The Morgan fingerprint density at radius 2 is 2.08 bits per heavy atom. The van der Waals surface area contributed by atoms with Crippen LogP contribution in [0.15, 0.2) is 26.3 Å². The van der Waals surface area contributed by atoms with Crippen LogP contribution in [0, 0.1) is 0 Å². The lowest BCUT2D eigenvalue weighted by atomic mass is 10.4. The van der Waals surface area contributed by atoms with Crippen LogP contribution < -0.4 is 10.6 Å². The molecule has 0 saturated heterocycles. The molecule has 0 radical (unpaired) electrons. The molecule has 0 aromatic carbocycles. The molecule has 0 aliphatic rings. The van der Waals surface area contributed by atoms with E-state index in [9.17, 15) is 13.2 Å². The minimum Gasteiger partial charge on any atom is -0.357 e. The summed E-state index contributed by atoms with van der Waals surface area (Å²) in [6.07, 6.45) is -3.97. The van der Waals surface area contributed by atoms with Crippen LogP contribution in [0.1, 0.15) is 22.5 Å². The Morgan fingerprint density at radius 3 is 2.64 bits per heavy atom. The van der Waals surface area contributed by atoms with Crippen LogP contribution in [0.4, 0.5) is 13.2 Å². The number of thiophene rings is 1. The van der Waals surface area contributed by atoms with E-state index in [-0.39, 0.29) is 24.0 Å². The van der Waals surface area contributed by atoms with Crippen LogP contribution in [0.25, 0.3) is 0 Å². The second-order valence-corrected chi connectivity index (χ2v) is 8.19. The van der Waals surface area contributed by atoms with Crippen molar-refractivity contribution in [3.63, 3.8) is 0 Å². The fourth-order valence-corrected chi connectivity index (χ4v) is 3.99. The Bertz CT molecular complexity index is 688. The fourth-order valence-electron chi connectivity index (χ4n) is 1.78. The average molecular weight is 569 g/mol. The lowest BCUT2D eigenvalue weighted by molar-refractivity contribution is -0.140. The van der Waals surface area contributed by atoms with E-state index in [1.54, 1.807) is 11.3 Å². The highest BCUT2D eigenvalue weighted by atomic mass is 127. The number of nitrogens with one attached hydrogen (secondary N) is 2. The van der Waals surface area contributed by atoms with Gasteiger partial charge in [0.15, 0.2) is 11.7 Å². The zero-order valence-corrected chi connectivity index (χ0v) is 18.7. The largest absolute Gasteiger partial charge is 0.434 e. The van der Waals surface area contributed by atoms with Crippen molar-refractivity contribution < 1.29 is 13.2 Å². The number of rotatable bonds is 6. The normalized spacial score (nSPS) is 12.0. The first kappa shape index (κ1) is 22.6. The Hall–Kier alpha value is -0.400. The molecule has 140 valence electrons. The van der Waals surface area contributed by atoms with E-state index >= 15 is 0 Å². The van der Waals surface area contributed by atoms with Gasteiger partial charge in [-0.2, -0.15) is 13.2 Å². The molecule has 0 spiro atoms. The molecule has 2 N–H and O–H groups in total. The second kappa shape index (κ2) is 10.7. The first-order valence-electron chi connectivity index (χ1n) is 7.16. The Labute approximate surface area is 177 Å². The van der Waals surface area contributed by atoms with E-state index in [1.807, 2.05) is 19.1 Å². The van der Waals surface area contributed by atoms with E-state index in [2.05, 4.69) is 36.5 Å². The molecule has 0 amide bonds. The van der Waals surface area contributed by atoms with Crippen molar-refractivity contribution in [3.8, 4) is 0 Å². The van der Waals surface area contributed by atoms with Gasteiger partial charge in [0.25, 0.3) is 0 Å². The van der Waals surface area contributed by atoms with Gasteiger partial charge >= 0.3 is 6.18 Å². The van der Waals surface area contributed by atoms with Gasteiger partial charge in [0.1, 0.15) is 0 Å². The summed E-state index contributed by atoms with van der Waals surface area (Å²) in [6, 6.07) is 3.96. The molecule has 2 heterocycles. The number of aromatic nitrogens is 1. The Morgan fingerprint density at radius 1 is 1.32 bits per heavy atom. The molecule has 0 aliphatic carbocycles. The van der Waals surface area contributed by atoms with Gasteiger partial charge in [0.2, 0.25) is 0 Å². The van der Waals surface area contributed by atoms with Gasteiger partial charge in [-0.15, -0.1) is 46.7 Å². The highest BCUT2D eigenvalue weighted by molar-refractivity contribution is 14.0. The molecule has 0 fully saturated rings. The van der Waals surface area contributed by atoms with Gasteiger partial charge < -0.3 is 10.6 Å². The van der Waals surface area contributed by atoms with E-state index in [0.717, 1.165) is 25.4 Å². The number of halogens is 5. The van der Waals surface area contributed by atoms with E-state index in [4.69, 9.17) is 0 Å². The van der Waals surface area contributed by atoms with Crippen LogP contribution in [-0.2, 0) is 19.1 Å². The third kappa shape index (κ3) is 7.79. The summed E-state index contributed by atoms with van der Waals surface area (Å²) in [5.74, 6) is 0.634. The summed E-state index contributed by atoms with van der Waals surface area (Å²) < 4.78 is 38.6. The van der Waals surface area contributed by atoms with Crippen LogP contribution in [0.3, 0.4) is 0 Å². The van der Waals surface area contributed by atoms with Gasteiger partial charge in [-0.3, -0.25) is 0 Å². The van der Waals surface area contributed by atoms with Crippen molar-refractivity contribution in [3.05, 3.63) is 36.9 Å². The molecule has 0 bridgehead atoms. The van der Waals surface area contributed by atoms with Gasteiger partial charge in [-0.1, -0.05) is 0 Å². The van der Waals surface area contributed by atoms with Gasteiger partial charge in [-0.05, 0) is 35.0 Å². The predicted molar refractivity (Wildman–Crippen MR) is 111 cm³/mol. The SMILES string of the molecule is CCNC(=NCc1ccc(Br)s1)NCCc1nc(C(F)(F)F)cs1.I. The number of aliphatic imine (C=N–C) groups is 1. The van der Waals surface area contributed by atoms with E-state index in [0.29, 0.717) is 37.0 Å². The van der Waals surface area contributed by atoms with Crippen LogP contribution in [-0.4, -0.2) is 24.0 Å². The number of nitrogens with zero attached hydrogens (tertiary/aromatic N) is 2. The van der Waals surface area contributed by atoms with Crippen LogP contribution in [0.5, 0.6) is 0 Å². The zero-order valence-electron chi connectivity index (χ0n) is 13.2. The summed E-state index contributed by atoms with van der Waals surface area (Å²) in [4.78, 5) is 9.19. The molecule has 4 nitrogen and oxygen atoms in total. The molecule has 2 rings (SSSR count). The van der Waals surface area contributed by atoms with E-state index < -0.39 is 11.9 Å². The molecule has 11 heteroatoms. The van der Waals surface area contributed by atoms with Crippen LogP contribution in [0.2, 0.25) is 0 Å². The van der Waals surface area contributed by atoms with Crippen molar-refractivity contribution in [2.24, 2.45) is 4.99 Å². The monoisotopic (exact) mass is 568 g/mol. The third-order valence-electron chi connectivity index (χ3n) is 2.84. The van der Waals surface area contributed by atoms with Crippen molar-refractivity contribution in [2.45, 2.75) is 26.1 Å². The summed E-state index contributed by atoms with van der Waals surface area (Å²) in [5, 5.41) is 7.72. The molecule has 0 unspecified atom stereocenters. The summed E-state index contributed by atoms with van der Waals surface area (Å²) in [5.41, 5.74) is -0.827. The molecular weight excluding hydrogens is 552 g/mol. The maximum Gasteiger partial charge on any atom is 0.434 e. The van der Waals surface area contributed by atoms with Crippen molar-refractivity contribution in [1.82, 2.24) is 15.6 Å². The molecular formula is C14H17BrF3IN4S2. The number of thiazole rings is 1. The molecule has 25 heavy (non-hydrogen) atoms. The van der Waals surface area contributed by atoms with Gasteiger partial charge in [-0.25, -0.2) is 9.98 Å². The first-order chi connectivity index (χ1) is 11.4. The maximum absolute atomic E-state index is 12.5. The van der Waals surface area contributed by atoms with Crippen LogP contribution >= 0.6 is 62.6 Å². The topological polar surface area (TPSA) is 49.3 Å². The predicted octanol–water partition coefficient (Wildman–Crippen LogP) is 4.90. The fraction of sp³-hybridized carbons (Fsp3) is 0.429. The zero-order chi connectivity index (χ0) is 17.6. The van der Waals surface area contributed by atoms with E-state index in [1.165, 1.54) is 0 Å². The molecule has 2 aromatic rings. The maximum atomic E-state index is 12.5. The highest BCUT2D eigenvalue weighted by Gasteiger charge is 2.33. The molecule has 2 aromatic heterocycles. The Balaban J connectivity index is 0.00000312. The van der Waals surface area contributed by atoms with Crippen molar-refractivity contribution in [2.75, 3.05) is 13.1 Å². The average Bonchev–Trinajstić information content (AvgIpc) is 3.13. The molecule has 0 aliphatic heterocycles. The second-order valence-electron chi connectivity index (χ2n) is 4.70. The van der Waals surface area contributed by atoms with Gasteiger partial charge in [0.05, 0.1) is 15.3 Å².